The van der Waals surface area contributed by atoms with Gasteiger partial charge in [0.1, 0.15) is 11.9 Å². The van der Waals surface area contributed by atoms with Crippen molar-refractivity contribution in [3.05, 3.63) is 59.7 Å². The molecule has 0 amide bonds. The van der Waals surface area contributed by atoms with E-state index in [9.17, 15) is 5.11 Å². The molecule has 88 valence electrons. The first-order chi connectivity index (χ1) is 8.22. The highest BCUT2D eigenvalue weighted by atomic mass is 16.5. The van der Waals surface area contributed by atoms with Gasteiger partial charge in [0.25, 0.3) is 0 Å². The highest BCUT2D eigenvalue weighted by Crippen LogP contribution is 2.29. The van der Waals surface area contributed by atoms with Crippen LogP contribution >= 0.6 is 0 Å². The highest BCUT2D eigenvalue weighted by molar-refractivity contribution is 5.53. The Morgan fingerprint density at radius 2 is 1.82 bits per heavy atom. The SMILES string of the molecule is COc1ccc(N)c(C(O)c2ccccc2)c1. The standard InChI is InChI=1S/C14H15NO2/c1-17-11-7-8-13(15)12(9-11)14(16)10-5-3-2-4-6-10/h2-9,14,16H,15H2,1H3. The maximum absolute atomic E-state index is 10.3. The van der Waals surface area contributed by atoms with Crippen molar-refractivity contribution in [2.24, 2.45) is 0 Å². The van der Waals surface area contributed by atoms with Gasteiger partial charge >= 0.3 is 0 Å². The van der Waals surface area contributed by atoms with Gasteiger partial charge in [0, 0.05) is 11.3 Å². The summed E-state index contributed by atoms with van der Waals surface area (Å²) < 4.78 is 5.13. The van der Waals surface area contributed by atoms with Crippen molar-refractivity contribution >= 4 is 5.69 Å². The van der Waals surface area contributed by atoms with E-state index in [2.05, 4.69) is 0 Å². The molecule has 2 aromatic rings. The number of nitrogen functional groups attached to an aromatic ring is 1. The van der Waals surface area contributed by atoms with Crippen molar-refractivity contribution in [3.63, 3.8) is 0 Å². The van der Waals surface area contributed by atoms with Crippen LogP contribution in [0, 0.1) is 0 Å². The van der Waals surface area contributed by atoms with E-state index in [-0.39, 0.29) is 0 Å². The molecule has 2 rings (SSSR count). The van der Waals surface area contributed by atoms with Crippen molar-refractivity contribution in [3.8, 4) is 5.75 Å². The largest absolute Gasteiger partial charge is 0.497 e. The van der Waals surface area contributed by atoms with Crippen molar-refractivity contribution < 1.29 is 9.84 Å². The molecule has 2 aromatic carbocycles. The number of aliphatic hydroxyl groups excluding tert-OH is 1. The quantitative estimate of drug-likeness (QED) is 0.794. The molecule has 1 unspecified atom stereocenters. The average Bonchev–Trinajstić information content (AvgIpc) is 2.39. The Morgan fingerprint density at radius 1 is 1.12 bits per heavy atom. The first-order valence-electron chi connectivity index (χ1n) is 5.39. The molecular formula is C14H15NO2. The van der Waals surface area contributed by atoms with E-state index in [0.717, 1.165) is 5.56 Å². The Kier molecular flexibility index (Phi) is 3.30. The van der Waals surface area contributed by atoms with E-state index < -0.39 is 6.10 Å². The number of anilines is 1. The molecule has 0 bridgehead atoms. The molecule has 0 spiro atoms. The van der Waals surface area contributed by atoms with Crippen LogP contribution in [0.4, 0.5) is 5.69 Å². The Hall–Kier alpha value is -2.00. The fourth-order valence-corrected chi connectivity index (χ4v) is 1.73. The van der Waals surface area contributed by atoms with Gasteiger partial charge < -0.3 is 15.6 Å². The summed E-state index contributed by atoms with van der Waals surface area (Å²) in [5.74, 6) is 0.684. The van der Waals surface area contributed by atoms with Crippen LogP contribution in [0.5, 0.6) is 5.75 Å². The van der Waals surface area contributed by atoms with Crippen molar-refractivity contribution in [1.82, 2.24) is 0 Å². The van der Waals surface area contributed by atoms with E-state index in [1.54, 1.807) is 25.3 Å². The summed E-state index contributed by atoms with van der Waals surface area (Å²) in [4.78, 5) is 0. The van der Waals surface area contributed by atoms with E-state index in [1.807, 2.05) is 30.3 Å². The van der Waals surface area contributed by atoms with E-state index in [4.69, 9.17) is 10.5 Å². The number of benzene rings is 2. The number of methoxy groups -OCH3 is 1. The lowest BCUT2D eigenvalue weighted by molar-refractivity contribution is 0.220. The lowest BCUT2D eigenvalue weighted by atomic mass is 10.00. The molecule has 0 aromatic heterocycles. The summed E-state index contributed by atoms with van der Waals surface area (Å²) in [6.07, 6.45) is -0.730. The van der Waals surface area contributed by atoms with Crippen molar-refractivity contribution in [1.29, 1.82) is 0 Å². The van der Waals surface area contributed by atoms with Gasteiger partial charge in [-0.25, -0.2) is 0 Å². The Morgan fingerprint density at radius 3 is 2.47 bits per heavy atom. The summed E-state index contributed by atoms with van der Waals surface area (Å²) in [5, 5.41) is 10.3. The van der Waals surface area contributed by atoms with Gasteiger partial charge in [-0.2, -0.15) is 0 Å². The van der Waals surface area contributed by atoms with Crippen LogP contribution in [0.2, 0.25) is 0 Å². The molecule has 0 saturated carbocycles. The van der Waals surface area contributed by atoms with E-state index in [0.29, 0.717) is 17.0 Å². The third-order valence-corrected chi connectivity index (χ3v) is 2.70. The first-order valence-corrected chi connectivity index (χ1v) is 5.39. The second-order valence-corrected chi connectivity index (χ2v) is 3.81. The summed E-state index contributed by atoms with van der Waals surface area (Å²) >= 11 is 0. The zero-order chi connectivity index (χ0) is 12.3. The second-order valence-electron chi connectivity index (χ2n) is 3.81. The molecule has 0 heterocycles. The number of ether oxygens (including phenoxy) is 1. The Labute approximate surface area is 100 Å². The van der Waals surface area contributed by atoms with Crippen LogP contribution in [0.15, 0.2) is 48.5 Å². The van der Waals surface area contributed by atoms with Crippen molar-refractivity contribution in [2.45, 2.75) is 6.10 Å². The van der Waals surface area contributed by atoms with Gasteiger partial charge in [-0.05, 0) is 23.8 Å². The summed E-state index contributed by atoms with van der Waals surface area (Å²) in [5.41, 5.74) is 7.90. The van der Waals surface area contributed by atoms with Gasteiger partial charge in [-0.1, -0.05) is 30.3 Å². The minimum Gasteiger partial charge on any atom is -0.497 e. The second kappa shape index (κ2) is 4.89. The zero-order valence-corrected chi connectivity index (χ0v) is 9.63. The molecule has 3 heteroatoms. The fourth-order valence-electron chi connectivity index (χ4n) is 1.73. The molecule has 0 aliphatic carbocycles. The number of hydrogen-bond donors (Lipinski definition) is 2. The molecule has 0 aliphatic heterocycles. The van der Waals surface area contributed by atoms with E-state index in [1.165, 1.54) is 0 Å². The predicted molar refractivity (Wildman–Crippen MR) is 67.9 cm³/mol. The molecule has 0 fully saturated rings. The molecule has 0 radical (unpaired) electrons. The number of rotatable bonds is 3. The smallest absolute Gasteiger partial charge is 0.119 e. The maximum atomic E-state index is 10.3. The van der Waals surface area contributed by atoms with Crippen LogP contribution in [-0.4, -0.2) is 12.2 Å². The van der Waals surface area contributed by atoms with Gasteiger partial charge in [0.15, 0.2) is 0 Å². The van der Waals surface area contributed by atoms with Crippen LogP contribution in [0.25, 0.3) is 0 Å². The van der Waals surface area contributed by atoms with Crippen LogP contribution in [-0.2, 0) is 0 Å². The lowest BCUT2D eigenvalue weighted by Crippen LogP contribution is -2.04. The lowest BCUT2D eigenvalue weighted by Gasteiger charge is -2.14. The fraction of sp³-hybridized carbons (Fsp3) is 0.143. The van der Waals surface area contributed by atoms with Gasteiger partial charge in [-0.15, -0.1) is 0 Å². The number of aliphatic hydroxyl groups is 1. The third kappa shape index (κ3) is 2.40. The Bertz CT molecular complexity index is 497. The zero-order valence-electron chi connectivity index (χ0n) is 9.63. The van der Waals surface area contributed by atoms with E-state index >= 15 is 0 Å². The van der Waals surface area contributed by atoms with Crippen molar-refractivity contribution in [2.75, 3.05) is 12.8 Å². The molecule has 0 aliphatic rings. The van der Waals surface area contributed by atoms with Gasteiger partial charge in [0.05, 0.1) is 7.11 Å². The summed E-state index contributed by atoms with van der Waals surface area (Å²) in [7, 11) is 1.59. The van der Waals surface area contributed by atoms with Gasteiger partial charge in [0.2, 0.25) is 0 Å². The topological polar surface area (TPSA) is 55.5 Å². The molecule has 17 heavy (non-hydrogen) atoms. The van der Waals surface area contributed by atoms with Crippen LogP contribution < -0.4 is 10.5 Å². The highest BCUT2D eigenvalue weighted by Gasteiger charge is 2.13. The van der Waals surface area contributed by atoms with Crippen LogP contribution in [0.3, 0.4) is 0 Å². The normalized spacial score (nSPS) is 12.1. The third-order valence-electron chi connectivity index (χ3n) is 2.70. The van der Waals surface area contributed by atoms with Crippen LogP contribution in [0.1, 0.15) is 17.2 Å². The Balaban J connectivity index is 2.40. The minimum absolute atomic E-state index is 0.558. The number of hydrogen-bond acceptors (Lipinski definition) is 3. The van der Waals surface area contributed by atoms with Gasteiger partial charge in [-0.3, -0.25) is 0 Å². The maximum Gasteiger partial charge on any atom is 0.119 e. The first kappa shape index (κ1) is 11.5. The molecule has 3 nitrogen and oxygen atoms in total. The predicted octanol–water partition coefficient (Wildman–Crippen LogP) is 2.36. The summed E-state index contributed by atoms with van der Waals surface area (Å²) in [6.45, 7) is 0. The molecule has 0 saturated heterocycles. The monoisotopic (exact) mass is 229 g/mol. The minimum atomic E-state index is -0.730. The average molecular weight is 229 g/mol. The molecular weight excluding hydrogens is 214 g/mol. The summed E-state index contributed by atoms with van der Waals surface area (Å²) in [6, 6.07) is 14.7. The number of nitrogens with two attached hydrogens (primary N) is 1. The molecule has 3 N–H and O–H groups in total. The molecule has 1 atom stereocenters.